The molecule has 0 aliphatic heterocycles. The molecule has 0 rings (SSSR count). The molecule has 0 aliphatic rings. The average molecular weight is 381 g/mol. The molecule has 0 aromatic heterocycles. The molecule has 19 heavy (non-hydrogen) atoms. The van der Waals surface area contributed by atoms with Crippen LogP contribution in [0.3, 0.4) is 0 Å². The van der Waals surface area contributed by atoms with E-state index < -0.39 is 19.6 Å². The van der Waals surface area contributed by atoms with E-state index in [0.29, 0.717) is 0 Å². The van der Waals surface area contributed by atoms with Gasteiger partial charge >= 0.3 is 126 Å². The third-order valence-electron chi connectivity index (χ3n) is 1.94. The molecule has 0 aromatic rings. The maximum atomic E-state index is 6.38. The summed E-state index contributed by atoms with van der Waals surface area (Å²) in [5.41, 5.74) is -0.703. The van der Waals surface area contributed by atoms with Gasteiger partial charge in [-0.15, -0.1) is 0 Å². The SMILES string of the molecule is CC[CH2][Sn]([O]C(C)(C)C)([O]C(C)(C)C)[O]C(C)(C)C. The summed E-state index contributed by atoms with van der Waals surface area (Å²) in [6.07, 6.45) is 1.03. The van der Waals surface area contributed by atoms with Crippen molar-refractivity contribution in [2.75, 3.05) is 0 Å². The summed E-state index contributed by atoms with van der Waals surface area (Å²) in [6, 6.07) is 0. The second-order valence-electron chi connectivity index (χ2n) is 8.08. The fraction of sp³-hybridized carbons (Fsp3) is 1.00. The second-order valence-corrected chi connectivity index (χ2v) is 15.1. The Hall–Kier alpha value is 0.679. The van der Waals surface area contributed by atoms with Crippen LogP contribution in [0.4, 0.5) is 0 Å². The first-order valence-corrected chi connectivity index (χ1v) is 12.8. The molecule has 3 nitrogen and oxygen atoms in total. The van der Waals surface area contributed by atoms with Crippen molar-refractivity contribution in [1.29, 1.82) is 0 Å². The van der Waals surface area contributed by atoms with Gasteiger partial charge in [-0.1, -0.05) is 0 Å². The van der Waals surface area contributed by atoms with Gasteiger partial charge < -0.3 is 0 Å². The fourth-order valence-electron chi connectivity index (χ4n) is 1.92. The van der Waals surface area contributed by atoms with E-state index in [-0.39, 0.29) is 16.8 Å². The Morgan fingerprint density at radius 2 is 0.895 bits per heavy atom. The molecule has 0 fully saturated rings. The molecular formula is C15H34O3Sn. The van der Waals surface area contributed by atoms with Crippen LogP contribution in [0.25, 0.3) is 0 Å². The van der Waals surface area contributed by atoms with Gasteiger partial charge in [0.2, 0.25) is 0 Å². The fourth-order valence-corrected chi connectivity index (χ4v) is 12.9. The number of hydrogen-bond donors (Lipinski definition) is 0. The minimum atomic E-state index is -3.57. The molecule has 0 N–H and O–H groups in total. The van der Waals surface area contributed by atoms with E-state index in [9.17, 15) is 0 Å². The van der Waals surface area contributed by atoms with Crippen LogP contribution >= 0.6 is 0 Å². The average Bonchev–Trinajstić information content (AvgIpc) is 1.90. The Balaban J connectivity index is 5.34. The molecule has 0 saturated heterocycles. The van der Waals surface area contributed by atoms with E-state index in [4.69, 9.17) is 9.22 Å². The Morgan fingerprint density at radius 3 is 1.05 bits per heavy atom. The standard InChI is InChI=1S/3C4H9O.C3H7.Sn/c3*1-4(2,3)5;1-3-2;/h3*1-3H3;1,3H2,2H3;/q3*-1;;+3. The molecule has 0 aliphatic carbocycles. The third kappa shape index (κ3) is 10.1. The van der Waals surface area contributed by atoms with E-state index in [2.05, 4.69) is 69.2 Å². The van der Waals surface area contributed by atoms with Crippen LogP contribution in [0.2, 0.25) is 4.44 Å². The van der Waals surface area contributed by atoms with Gasteiger partial charge in [0.15, 0.2) is 0 Å². The van der Waals surface area contributed by atoms with Gasteiger partial charge in [-0.25, -0.2) is 0 Å². The van der Waals surface area contributed by atoms with Gasteiger partial charge in [0.1, 0.15) is 0 Å². The molecule has 0 amide bonds. The van der Waals surface area contributed by atoms with Crippen molar-refractivity contribution in [2.24, 2.45) is 0 Å². The first-order valence-electron chi connectivity index (χ1n) is 7.29. The molecular weight excluding hydrogens is 347 g/mol. The summed E-state index contributed by atoms with van der Waals surface area (Å²) >= 11 is -3.57. The van der Waals surface area contributed by atoms with Gasteiger partial charge in [0.25, 0.3) is 0 Å². The zero-order chi connectivity index (χ0) is 15.5. The van der Waals surface area contributed by atoms with Crippen LogP contribution < -0.4 is 0 Å². The Kier molecular flexibility index (Phi) is 6.86. The zero-order valence-corrected chi connectivity index (χ0v) is 17.5. The predicted molar refractivity (Wildman–Crippen MR) is 83.4 cm³/mol. The van der Waals surface area contributed by atoms with Crippen molar-refractivity contribution < 1.29 is 9.22 Å². The van der Waals surface area contributed by atoms with Crippen LogP contribution in [-0.2, 0) is 9.22 Å². The summed E-state index contributed by atoms with van der Waals surface area (Å²) in [7, 11) is 0. The Morgan fingerprint density at radius 1 is 0.632 bits per heavy atom. The molecule has 116 valence electrons. The van der Waals surface area contributed by atoms with Crippen molar-refractivity contribution in [2.45, 2.75) is 96.9 Å². The Labute approximate surface area is 125 Å². The summed E-state index contributed by atoms with van der Waals surface area (Å²) in [6.45, 7) is 20.8. The molecule has 0 atom stereocenters. The number of rotatable bonds is 5. The van der Waals surface area contributed by atoms with Gasteiger partial charge in [-0.2, -0.15) is 0 Å². The molecule has 4 heteroatoms. The van der Waals surface area contributed by atoms with Gasteiger partial charge in [0, 0.05) is 0 Å². The van der Waals surface area contributed by atoms with E-state index in [0.717, 1.165) is 10.9 Å². The zero-order valence-electron chi connectivity index (χ0n) is 14.6. The minimum absolute atomic E-state index is 0.234. The predicted octanol–water partition coefficient (Wildman–Crippen LogP) is 4.78. The first kappa shape index (κ1) is 19.7. The molecule has 0 heterocycles. The Bertz CT molecular complexity index is 228. The molecule has 0 saturated carbocycles. The molecule has 0 unspecified atom stereocenters. The van der Waals surface area contributed by atoms with Crippen LogP contribution in [0.15, 0.2) is 0 Å². The van der Waals surface area contributed by atoms with Crippen LogP contribution in [0.5, 0.6) is 0 Å². The van der Waals surface area contributed by atoms with Crippen LogP contribution in [0, 0.1) is 0 Å². The van der Waals surface area contributed by atoms with E-state index >= 15 is 0 Å². The maximum absolute atomic E-state index is 6.38. The van der Waals surface area contributed by atoms with Gasteiger partial charge in [0.05, 0.1) is 0 Å². The summed E-state index contributed by atoms with van der Waals surface area (Å²) < 4.78 is 20.1. The monoisotopic (exact) mass is 382 g/mol. The van der Waals surface area contributed by atoms with Crippen molar-refractivity contribution in [3.05, 3.63) is 0 Å². The molecule has 0 spiro atoms. The van der Waals surface area contributed by atoms with Gasteiger partial charge in [-0.05, 0) is 0 Å². The van der Waals surface area contributed by atoms with Crippen molar-refractivity contribution in [3.63, 3.8) is 0 Å². The third-order valence-corrected chi connectivity index (χ3v) is 13.0. The van der Waals surface area contributed by atoms with E-state index in [1.807, 2.05) is 0 Å². The normalized spacial score (nSPS) is 14.8. The first-order chi connectivity index (χ1) is 8.18. The van der Waals surface area contributed by atoms with Gasteiger partial charge in [-0.3, -0.25) is 0 Å². The summed E-state index contributed by atoms with van der Waals surface area (Å²) in [4.78, 5) is 0. The molecule has 0 radical (unpaired) electrons. The van der Waals surface area contributed by atoms with Crippen molar-refractivity contribution in [3.8, 4) is 0 Å². The number of hydrogen-bond acceptors (Lipinski definition) is 3. The van der Waals surface area contributed by atoms with Crippen LogP contribution in [-0.4, -0.2) is 36.4 Å². The topological polar surface area (TPSA) is 27.7 Å². The quantitative estimate of drug-likeness (QED) is 0.642. The van der Waals surface area contributed by atoms with E-state index in [1.54, 1.807) is 0 Å². The summed E-state index contributed by atoms with van der Waals surface area (Å²) in [5.74, 6) is 0. The van der Waals surface area contributed by atoms with E-state index in [1.165, 1.54) is 0 Å². The second kappa shape index (κ2) is 6.63. The molecule has 0 aromatic carbocycles. The van der Waals surface area contributed by atoms with Crippen molar-refractivity contribution in [1.82, 2.24) is 0 Å². The van der Waals surface area contributed by atoms with Crippen LogP contribution in [0.1, 0.15) is 75.7 Å². The van der Waals surface area contributed by atoms with Crippen molar-refractivity contribution >= 4 is 19.6 Å². The molecule has 0 bridgehead atoms. The summed E-state index contributed by atoms with van der Waals surface area (Å²) in [5, 5.41) is 0.